The fraction of sp³-hybridized carbons (Fsp3) is 0.474. The smallest absolute Gasteiger partial charge is 0.310 e. The highest BCUT2D eigenvalue weighted by atomic mass is 32.1. The van der Waals surface area contributed by atoms with Crippen molar-refractivity contribution in [2.24, 2.45) is 5.41 Å². The Kier molecular flexibility index (Phi) is 5.05. The number of fused-ring (bicyclic) bond motifs is 1. The number of carbonyl (C=O) groups is 1. The van der Waals surface area contributed by atoms with Crippen molar-refractivity contribution in [2.45, 2.75) is 53.7 Å². The zero-order valence-corrected chi connectivity index (χ0v) is 17.0. The van der Waals surface area contributed by atoms with E-state index in [9.17, 15) is 15.0 Å². The normalized spacial score (nSPS) is 13.3. The first-order valence-electron chi connectivity index (χ1n) is 8.85. The molecule has 0 radical (unpaired) electrons. The van der Waals surface area contributed by atoms with Crippen LogP contribution in [-0.2, 0) is 17.9 Å². The van der Waals surface area contributed by atoms with Crippen LogP contribution < -0.4 is 0 Å². The quantitative estimate of drug-likeness (QED) is 0.672. The number of aryl methyl sites for hydroxylation is 3. The van der Waals surface area contributed by atoms with Crippen molar-refractivity contribution in [2.75, 3.05) is 0 Å². The topological polar surface area (TPSA) is 101 Å². The number of aromatic nitrogens is 4. The summed E-state index contributed by atoms with van der Waals surface area (Å²) in [5, 5.41) is 28.6. The Morgan fingerprint density at radius 2 is 2.04 bits per heavy atom. The molecule has 2 aromatic heterocycles. The molecule has 1 aromatic carbocycles. The second-order valence-electron chi connectivity index (χ2n) is 7.23. The maximum atomic E-state index is 12.1. The first kappa shape index (κ1) is 19.4. The highest BCUT2D eigenvalue weighted by Gasteiger charge is 2.42. The fourth-order valence-corrected chi connectivity index (χ4v) is 4.64. The third-order valence-corrected chi connectivity index (χ3v) is 6.25. The molecular weight excluding hydrogens is 364 g/mol. The van der Waals surface area contributed by atoms with Gasteiger partial charge >= 0.3 is 5.97 Å². The monoisotopic (exact) mass is 388 g/mol. The zero-order chi connectivity index (χ0) is 19.9. The predicted octanol–water partition coefficient (Wildman–Crippen LogP) is 3.26. The first-order valence-corrected chi connectivity index (χ1v) is 9.67. The van der Waals surface area contributed by atoms with E-state index in [1.54, 1.807) is 13.8 Å². The van der Waals surface area contributed by atoms with Gasteiger partial charge in [0.1, 0.15) is 10.5 Å². The minimum atomic E-state index is -1.09. The molecule has 8 heteroatoms. The minimum absolute atomic E-state index is 0.161. The lowest BCUT2D eigenvalue weighted by molar-refractivity contribution is -0.147. The summed E-state index contributed by atoms with van der Waals surface area (Å²) in [5.74, 6) is -1.36. The van der Waals surface area contributed by atoms with Gasteiger partial charge in [0.05, 0.1) is 29.2 Å². The van der Waals surface area contributed by atoms with Crippen LogP contribution in [0.5, 0.6) is 0 Å². The summed E-state index contributed by atoms with van der Waals surface area (Å²) in [6.07, 6.45) is 0. The van der Waals surface area contributed by atoms with Gasteiger partial charge in [-0.05, 0) is 51.8 Å². The van der Waals surface area contributed by atoms with E-state index in [1.807, 2.05) is 37.6 Å². The van der Waals surface area contributed by atoms with Crippen LogP contribution in [0.15, 0.2) is 12.1 Å². The summed E-state index contributed by atoms with van der Waals surface area (Å²) in [4.78, 5) is 17.5. The van der Waals surface area contributed by atoms with Gasteiger partial charge in [0.15, 0.2) is 0 Å². The molecule has 3 rings (SSSR count). The molecule has 0 amide bonds. The summed E-state index contributed by atoms with van der Waals surface area (Å²) in [5.41, 5.74) is 2.99. The van der Waals surface area contributed by atoms with E-state index in [2.05, 4.69) is 15.3 Å². The van der Waals surface area contributed by atoms with E-state index in [0.29, 0.717) is 17.2 Å². The van der Waals surface area contributed by atoms with Crippen molar-refractivity contribution in [3.8, 4) is 0 Å². The Labute approximate surface area is 161 Å². The second-order valence-corrected chi connectivity index (χ2v) is 8.46. The number of rotatable bonds is 6. The minimum Gasteiger partial charge on any atom is -0.481 e. The molecule has 0 aliphatic rings. The summed E-state index contributed by atoms with van der Waals surface area (Å²) in [7, 11) is 0. The Morgan fingerprint density at radius 1 is 1.33 bits per heavy atom. The van der Waals surface area contributed by atoms with Gasteiger partial charge in [0, 0.05) is 11.4 Å². The molecule has 0 saturated carbocycles. The SMILES string of the molecule is CCn1nnc2c(C)c(C(c3nc(CO)c(C)s3)C(C)(C)C(=O)O)ccc21. The van der Waals surface area contributed by atoms with Crippen LogP contribution in [-0.4, -0.2) is 36.2 Å². The molecule has 2 heterocycles. The molecule has 1 unspecified atom stereocenters. The Bertz CT molecular complexity index is 1010. The predicted molar refractivity (Wildman–Crippen MR) is 104 cm³/mol. The van der Waals surface area contributed by atoms with Gasteiger partial charge in [0.2, 0.25) is 0 Å². The average molecular weight is 388 g/mol. The molecule has 0 bridgehead atoms. The lowest BCUT2D eigenvalue weighted by atomic mass is 9.74. The molecular formula is C19H24N4O3S. The van der Waals surface area contributed by atoms with Gasteiger partial charge in [-0.1, -0.05) is 11.3 Å². The number of aliphatic hydroxyl groups excluding tert-OH is 1. The average Bonchev–Trinajstić information content (AvgIpc) is 3.20. The zero-order valence-electron chi connectivity index (χ0n) is 16.1. The van der Waals surface area contributed by atoms with E-state index in [1.165, 1.54) is 11.3 Å². The van der Waals surface area contributed by atoms with Crippen molar-refractivity contribution >= 4 is 28.3 Å². The van der Waals surface area contributed by atoms with Gasteiger partial charge in [-0.15, -0.1) is 16.4 Å². The number of nitrogens with zero attached hydrogens (tertiary/aromatic N) is 4. The molecule has 0 saturated heterocycles. The van der Waals surface area contributed by atoms with Crippen molar-refractivity contribution < 1.29 is 15.0 Å². The Morgan fingerprint density at radius 3 is 2.59 bits per heavy atom. The first-order chi connectivity index (χ1) is 12.7. The molecule has 0 aliphatic carbocycles. The number of aliphatic carboxylic acids is 1. The number of aliphatic hydroxyl groups is 1. The summed E-state index contributed by atoms with van der Waals surface area (Å²) >= 11 is 1.43. The number of carboxylic acid groups (broad SMARTS) is 1. The maximum Gasteiger partial charge on any atom is 0.310 e. The van der Waals surface area contributed by atoms with E-state index in [0.717, 1.165) is 27.0 Å². The van der Waals surface area contributed by atoms with E-state index in [4.69, 9.17) is 0 Å². The molecule has 1 atom stereocenters. The van der Waals surface area contributed by atoms with Crippen LogP contribution in [0.3, 0.4) is 0 Å². The molecule has 0 aliphatic heterocycles. The van der Waals surface area contributed by atoms with Gasteiger partial charge in [-0.25, -0.2) is 9.67 Å². The van der Waals surface area contributed by atoms with Crippen LogP contribution in [0, 0.1) is 19.3 Å². The van der Waals surface area contributed by atoms with Gasteiger partial charge in [-0.2, -0.15) is 0 Å². The van der Waals surface area contributed by atoms with Crippen LogP contribution in [0.2, 0.25) is 0 Å². The van der Waals surface area contributed by atoms with Crippen LogP contribution in [0.4, 0.5) is 0 Å². The molecule has 144 valence electrons. The summed E-state index contributed by atoms with van der Waals surface area (Å²) < 4.78 is 1.82. The molecule has 7 nitrogen and oxygen atoms in total. The van der Waals surface area contributed by atoms with E-state index >= 15 is 0 Å². The van der Waals surface area contributed by atoms with Crippen LogP contribution in [0.1, 0.15) is 53.4 Å². The van der Waals surface area contributed by atoms with Crippen LogP contribution >= 0.6 is 11.3 Å². The standard InChI is InChI=1S/C19H24N4O3S/c1-6-23-14-8-7-12(10(2)16(14)21-22-23)15(19(4,5)18(25)26)17-20-13(9-24)11(3)27-17/h7-8,15,24H,6,9H2,1-5H3,(H,25,26). The van der Waals surface area contributed by atoms with E-state index < -0.39 is 17.3 Å². The van der Waals surface area contributed by atoms with Crippen molar-refractivity contribution in [3.63, 3.8) is 0 Å². The number of hydrogen-bond acceptors (Lipinski definition) is 6. The molecule has 0 fully saturated rings. The van der Waals surface area contributed by atoms with Crippen molar-refractivity contribution in [3.05, 3.63) is 38.8 Å². The Balaban J connectivity index is 2.26. The van der Waals surface area contributed by atoms with Crippen molar-refractivity contribution in [1.29, 1.82) is 0 Å². The van der Waals surface area contributed by atoms with Crippen LogP contribution in [0.25, 0.3) is 11.0 Å². The third kappa shape index (κ3) is 3.12. The highest BCUT2D eigenvalue weighted by Crippen LogP contribution is 2.45. The molecule has 27 heavy (non-hydrogen) atoms. The highest BCUT2D eigenvalue weighted by molar-refractivity contribution is 7.11. The molecule has 2 N–H and O–H groups in total. The molecule has 3 aromatic rings. The summed E-state index contributed by atoms with van der Waals surface area (Å²) in [6, 6.07) is 3.90. The van der Waals surface area contributed by atoms with Gasteiger partial charge < -0.3 is 10.2 Å². The lowest BCUT2D eigenvalue weighted by Crippen LogP contribution is -2.32. The lowest BCUT2D eigenvalue weighted by Gasteiger charge is -2.30. The number of hydrogen-bond donors (Lipinski definition) is 2. The number of benzene rings is 1. The molecule has 0 spiro atoms. The number of thiazole rings is 1. The maximum absolute atomic E-state index is 12.1. The van der Waals surface area contributed by atoms with Gasteiger partial charge in [-0.3, -0.25) is 4.79 Å². The van der Waals surface area contributed by atoms with Crippen molar-refractivity contribution in [1.82, 2.24) is 20.0 Å². The number of carboxylic acids is 1. The summed E-state index contributed by atoms with van der Waals surface area (Å²) in [6.45, 7) is 9.81. The second kappa shape index (κ2) is 7.01. The third-order valence-electron chi connectivity index (χ3n) is 5.17. The van der Waals surface area contributed by atoms with E-state index in [-0.39, 0.29) is 6.61 Å². The Hall–Kier alpha value is -2.32. The largest absolute Gasteiger partial charge is 0.481 e. The van der Waals surface area contributed by atoms with Gasteiger partial charge in [0.25, 0.3) is 0 Å². The fourth-order valence-electron chi connectivity index (χ4n) is 3.40.